The van der Waals surface area contributed by atoms with Crippen molar-refractivity contribution >= 4 is 21.8 Å². The van der Waals surface area contributed by atoms with Gasteiger partial charge in [0.15, 0.2) is 0 Å². The van der Waals surface area contributed by atoms with Crippen LogP contribution in [0.3, 0.4) is 0 Å². The molecule has 0 aromatic rings. The largest absolute Gasteiger partial charge is 0.471 e. The van der Waals surface area contributed by atoms with Crippen LogP contribution in [0.5, 0.6) is 0 Å². The van der Waals surface area contributed by atoms with Crippen molar-refractivity contribution in [1.82, 2.24) is 5.32 Å². The Kier molecular flexibility index (Phi) is 4.17. The zero-order chi connectivity index (χ0) is 8.91. The van der Waals surface area contributed by atoms with Gasteiger partial charge in [-0.2, -0.15) is 13.2 Å². The summed E-state index contributed by atoms with van der Waals surface area (Å²) in [5.41, 5.74) is 0. The third-order valence-electron chi connectivity index (χ3n) is 0.727. The summed E-state index contributed by atoms with van der Waals surface area (Å²) in [5, 5.41) is 1.64. The SMILES string of the molecule is O=C(NC/C=C/Br)C(F)(F)F. The number of amides is 1. The monoisotopic (exact) mass is 231 g/mol. The molecule has 6 heteroatoms. The summed E-state index contributed by atoms with van der Waals surface area (Å²) < 4.78 is 34.3. The molecule has 11 heavy (non-hydrogen) atoms. The summed E-state index contributed by atoms with van der Waals surface area (Å²) in [6, 6.07) is 0. The van der Waals surface area contributed by atoms with Crippen molar-refractivity contribution in [1.29, 1.82) is 0 Å². The third-order valence-corrected chi connectivity index (χ3v) is 1.10. The van der Waals surface area contributed by atoms with Crippen molar-refractivity contribution < 1.29 is 18.0 Å². The van der Waals surface area contributed by atoms with Gasteiger partial charge in [0.1, 0.15) is 0 Å². The van der Waals surface area contributed by atoms with Gasteiger partial charge in [-0.05, 0) is 4.99 Å². The quantitative estimate of drug-likeness (QED) is 0.769. The van der Waals surface area contributed by atoms with Gasteiger partial charge in [0.2, 0.25) is 0 Å². The molecule has 0 saturated carbocycles. The van der Waals surface area contributed by atoms with Crippen LogP contribution < -0.4 is 5.32 Å². The molecule has 0 radical (unpaired) electrons. The van der Waals surface area contributed by atoms with E-state index in [2.05, 4.69) is 15.9 Å². The number of hydrogen-bond donors (Lipinski definition) is 1. The lowest BCUT2D eigenvalue weighted by atomic mass is 10.5. The lowest BCUT2D eigenvalue weighted by Crippen LogP contribution is -2.36. The highest BCUT2D eigenvalue weighted by Gasteiger charge is 2.37. The molecular formula is C5H5BrF3NO. The molecule has 0 fully saturated rings. The first-order valence-electron chi connectivity index (χ1n) is 2.58. The minimum atomic E-state index is -4.79. The molecule has 0 aliphatic heterocycles. The van der Waals surface area contributed by atoms with Crippen LogP contribution in [0.15, 0.2) is 11.1 Å². The Bertz CT molecular complexity index is 166. The van der Waals surface area contributed by atoms with Gasteiger partial charge in [-0.15, -0.1) is 0 Å². The average Bonchev–Trinajstić information content (AvgIpc) is 1.86. The number of hydrogen-bond acceptors (Lipinski definition) is 1. The Morgan fingerprint density at radius 3 is 2.45 bits per heavy atom. The van der Waals surface area contributed by atoms with Crippen molar-refractivity contribution in [2.45, 2.75) is 6.18 Å². The molecule has 0 rings (SSSR count). The van der Waals surface area contributed by atoms with E-state index < -0.39 is 12.1 Å². The van der Waals surface area contributed by atoms with Gasteiger partial charge in [0.05, 0.1) is 0 Å². The summed E-state index contributed by atoms with van der Waals surface area (Å²) >= 11 is 2.84. The van der Waals surface area contributed by atoms with E-state index in [4.69, 9.17) is 0 Å². The molecule has 0 spiro atoms. The predicted octanol–water partition coefficient (Wildman–Crippen LogP) is 1.57. The molecule has 0 aromatic carbocycles. The second-order valence-corrected chi connectivity index (χ2v) is 2.10. The van der Waals surface area contributed by atoms with E-state index in [0.29, 0.717) is 0 Å². The Labute approximate surface area is 69.6 Å². The fraction of sp³-hybridized carbons (Fsp3) is 0.400. The molecule has 0 aromatic heterocycles. The van der Waals surface area contributed by atoms with Crippen LogP contribution in [-0.2, 0) is 4.79 Å². The Balaban J connectivity index is 3.71. The van der Waals surface area contributed by atoms with Crippen LogP contribution in [0.4, 0.5) is 13.2 Å². The molecule has 1 N–H and O–H groups in total. The van der Waals surface area contributed by atoms with Crippen LogP contribution in [0.1, 0.15) is 0 Å². The van der Waals surface area contributed by atoms with Gasteiger partial charge >= 0.3 is 12.1 Å². The van der Waals surface area contributed by atoms with Gasteiger partial charge in [0.25, 0.3) is 0 Å². The first-order chi connectivity index (χ1) is 4.98. The van der Waals surface area contributed by atoms with Gasteiger partial charge in [-0.3, -0.25) is 4.79 Å². The van der Waals surface area contributed by atoms with Crippen molar-refractivity contribution in [3.8, 4) is 0 Å². The van der Waals surface area contributed by atoms with Crippen molar-refractivity contribution in [2.24, 2.45) is 0 Å². The van der Waals surface area contributed by atoms with E-state index in [1.165, 1.54) is 11.1 Å². The van der Waals surface area contributed by atoms with Crippen molar-refractivity contribution in [3.05, 3.63) is 11.1 Å². The van der Waals surface area contributed by atoms with E-state index in [0.717, 1.165) is 0 Å². The molecule has 0 atom stereocenters. The van der Waals surface area contributed by atoms with Gasteiger partial charge in [-0.25, -0.2) is 0 Å². The van der Waals surface area contributed by atoms with Crippen molar-refractivity contribution in [2.75, 3.05) is 6.54 Å². The van der Waals surface area contributed by atoms with Crippen LogP contribution in [0, 0.1) is 0 Å². The minimum absolute atomic E-state index is 0.135. The maximum Gasteiger partial charge on any atom is 0.471 e. The van der Waals surface area contributed by atoms with E-state index in [1.54, 1.807) is 5.32 Å². The van der Waals surface area contributed by atoms with E-state index in [9.17, 15) is 18.0 Å². The normalized spacial score (nSPS) is 12.0. The van der Waals surface area contributed by atoms with Gasteiger partial charge < -0.3 is 5.32 Å². The summed E-state index contributed by atoms with van der Waals surface area (Å²) in [6.07, 6.45) is -3.45. The number of rotatable bonds is 2. The van der Waals surface area contributed by atoms with Crippen molar-refractivity contribution in [3.63, 3.8) is 0 Å². The van der Waals surface area contributed by atoms with Crippen LogP contribution >= 0.6 is 15.9 Å². The highest BCUT2D eigenvalue weighted by atomic mass is 79.9. The highest BCUT2D eigenvalue weighted by Crippen LogP contribution is 2.13. The summed E-state index contributed by atoms with van der Waals surface area (Å²) in [6.45, 7) is -0.135. The summed E-state index contributed by atoms with van der Waals surface area (Å²) in [4.78, 5) is 11.4. The second kappa shape index (κ2) is 4.38. The predicted molar refractivity (Wildman–Crippen MR) is 37.1 cm³/mol. The number of halogens is 4. The van der Waals surface area contributed by atoms with Crippen LogP contribution in [0.25, 0.3) is 0 Å². The summed E-state index contributed by atoms with van der Waals surface area (Å²) in [5.74, 6) is -1.93. The molecular weight excluding hydrogens is 227 g/mol. The average molecular weight is 232 g/mol. The molecule has 0 saturated heterocycles. The fourth-order valence-electron chi connectivity index (χ4n) is 0.296. The Morgan fingerprint density at radius 1 is 1.55 bits per heavy atom. The van der Waals surface area contributed by atoms with Crippen LogP contribution in [-0.4, -0.2) is 18.6 Å². The lowest BCUT2D eigenvalue weighted by molar-refractivity contribution is -0.173. The first-order valence-corrected chi connectivity index (χ1v) is 3.50. The maximum atomic E-state index is 11.4. The molecule has 0 unspecified atom stereocenters. The molecule has 0 aliphatic rings. The van der Waals surface area contributed by atoms with E-state index >= 15 is 0 Å². The molecule has 64 valence electrons. The minimum Gasteiger partial charge on any atom is -0.345 e. The third kappa shape index (κ3) is 4.83. The Morgan fingerprint density at radius 2 is 2.09 bits per heavy atom. The van der Waals surface area contributed by atoms with E-state index in [-0.39, 0.29) is 6.54 Å². The lowest BCUT2D eigenvalue weighted by Gasteiger charge is -2.04. The number of carbonyl (C=O) groups excluding carboxylic acids is 1. The molecule has 0 bridgehead atoms. The number of alkyl halides is 3. The maximum absolute atomic E-state index is 11.4. The van der Waals surface area contributed by atoms with Gasteiger partial charge in [-0.1, -0.05) is 22.0 Å². The highest BCUT2D eigenvalue weighted by molar-refractivity contribution is 9.11. The topological polar surface area (TPSA) is 29.1 Å². The van der Waals surface area contributed by atoms with Gasteiger partial charge in [0, 0.05) is 6.54 Å². The first kappa shape index (κ1) is 10.5. The zero-order valence-corrected chi connectivity index (χ0v) is 6.87. The fourth-order valence-corrected chi connectivity index (χ4v) is 0.483. The molecule has 1 amide bonds. The molecule has 2 nitrogen and oxygen atoms in total. The smallest absolute Gasteiger partial charge is 0.345 e. The van der Waals surface area contributed by atoms with E-state index in [1.807, 2.05) is 0 Å². The summed E-state index contributed by atoms with van der Waals surface area (Å²) in [7, 11) is 0. The number of carbonyl (C=O) groups is 1. The molecule has 0 heterocycles. The standard InChI is InChI=1S/C5H5BrF3NO/c6-2-1-3-10-4(11)5(7,8)9/h1-2H,3H2,(H,10,11)/b2-1+. The Hall–Kier alpha value is -0.520. The zero-order valence-electron chi connectivity index (χ0n) is 5.28. The molecule has 0 aliphatic carbocycles. The second-order valence-electron chi connectivity index (χ2n) is 1.57. The number of nitrogens with one attached hydrogen (secondary N) is 1. The van der Waals surface area contributed by atoms with Crippen LogP contribution in [0.2, 0.25) is 0 Å².